The fraction of sp³-hybridized carbons (Fsp3) is 0.588. The van der Waals surface area contributed by atoms with Crippen molar-refractivity contribution in [1.82, 2.24) is 0 Å². The van der Waals surface area contributed by atoms with Gasteiger partial charge in [0.05, 0.1) is 7.05 Å². The third-order valence-corrected chi connectivity index (χ3v) is 4.07. The fourth-order valence-corrected chi connectivity index (χ4v) is 2.79. The molecule has 1 fully saturated rings. The average Bonchev–Trinajstić information content (AvgIpc) is 2.47. The van der Waals surface area contributed by atoms with Gasteiger partial charge in [-0.25, -0.2) is 4.79 Å². The lowest BCUT2D eigenvalue weighted by Gasteiger charge is -2.28. The van der Waals surface area contributed by atoms with E-state index in [1.807, 2.05) is 38.1 Å². The number of carbonyl (C=O) groups is 1. The van der Waals surface area contributed by atoms with Crippen molar-refractivity contribution in [3.63, 3.8) is 0 Å². The van der Waals surface area contributed by atoms with E-state index < -0.39 is 0 Å². The first-order valence-electron chi connectivity index (χ1n) is 8.07. The Balaban J connectivity index is 1.67. The summed E-state index contributed by atoms with van der Waals surface area (Å²) in [5.41, 5.74) is 1.11. The number of benzene rings is 1. The molecule has 2 rings (SSSR count). The second-order valence-electron chi connectivity index (χ2n) is 6.32. The number of piperazine rings is 1. The van der Waals surface area contributed by atoms with Gasteiger partial charge in [0, 0.05) is 0 Å². The Morgan fingerprint density at radius 1 is 1.27 bits per heavy atom. The lowest BCUT2D eigenvalue weighted by atomic mass is 10.2. The predicted molar refractivity (Wildman–Crippen MR) is 84.4 cm³/mol. The van der Waals surface area contributed by atoms with Gasteiger partial charge in [-0.05, 0) is 31.5 Å². The molecule has 0 unspecified atom stereocenters. The second kappa shape index (κ2) is 8.15. The Kier molecular flexibility index (Phi) is 6.21. The minimum absolute atomic E-state index is 0.0317. The summed E-state index contributed by atoms with van der Waals surface area (Å²) in [4.78, 5) is 14.9. The predicted octanol–water partition coefficient (Wildman–Crippen LogP) is -1.28. The highest BCUT2D eigenvalue weighted by atomic mass is 16.6. The van der Waals surface area contributed by atoms with E-state index in [4.69, 9.17) is 9.47 Å². The molecule has 5 nitrogen and oxygen atoms in total. The van der Waals surface area contributed by atoms with E-state index in [9.17, 15) is 4.79 Å². The summed E-state index contributed by atoms with van der Waals surface area (Å²) in [6.07, 6.45) is -0.0676. The second-order valence-corrected chi connectivity index (χ2v) is 6.32. The minimum Gasteiger partial charge on any atom is -0.482 e. The molecule has 1 aromatic rings. The zero-order valence-electron chi connectivity index (χ0n) is 13.9. The Morgan fingerprint density at radius 2 is 2.00 bits per heavy atom. The molecule has 0 bridgehead atoms. The highest BCUT2D eigenvalue weighted by Gasteiger charge is 2.23. The molecule has 1 aliphatic heterocycles. The SMILES string of the molecule is Cc1cccc(OCC(=O)O[C@H](C)C[NH+]2CC[NH+](C)CC2)c1. The van der Waals surface area contributed by atoms with E-state index in [-0.39, 0.29) is 18.7 Å². The summed E-state index contributed by atoms with van der Waals surface area (Å²) in [6, 6.07) is 7.67. The molecule has 0 spiro atoms. The van der Waals surface area contributed by atoms with Crippen LogP contribution in [0, 0.1) is 6.92 Å². The molecule has 1 aliphatic rings. The number of likely N-dealkylation sites (N-methyl/N-ethyl adjacent to an activating group) is 1. The monoisotopic (exact) mass is 308 g/mol. The van der Waals surface area contributed by atoms with Crippen molar-refractivity contribution in [2.45, 2.75) is 20.0 Å². The third kappa shape index (κ3) is 5.66. The van der Waals surface area contributed by atoms with Crippen LogP contribution in [0.5, 0.6) is 5.75 Å². The lowest BCUT2D eigenvalue weighted by molar-refractivity contribution is -1.00. The molecular formula is C17H28N2O3+2. The van der Waals surface area contributed by atoms with Crippen molar-refractivity contribution >= 4 is 5.97 Å². The van der Waals surface area contributed by atoms with Gasteiger partial charge in [-0.15, -0.1) is 0 Å². The van der Waals surface area contributed by atoms with Gasteiger partial charge >= 0.3 is 5.97 Å². The van der Waals surface area contributed by atoms with Crippen molar-refractivity contribution in [3.05, 3.63) is 29.8 Å². The molecular weight excluding hydrogens is 280 g/mol. The molecule has 5 heteroatoms. The van der Waals surface area contributed by atoms with Crippen LogP contribution in [0.15, 0.2) is 24.3 Å². The van der Waals surface area contributed by atoms with Crippen LogP contribution < -0.4 is 14.5 Å². The number of aryl methyl sites for hydroxylation is 1. The third-order valence-electron chi connectivity index (χ3n) is 4.07. The topological polar surface area (TPSA) is 44.4 Å². The van der Waals surface area contributed by atoms with E-state index in [1.54, 1.807) is 4.90 Å². The van der Waals surface area contributed by atoms with Gasteiger partial charge in [-0.1, -0.05) is 12.1 Å². The zero-order chi connectivity index (χ0) is 15.9. The molecule has 0 aliphatic carbocycles. The van der Waals surface area contributed by atoms with Crippen molar-refractivity contribution in [2.24, 2.45) is 0 Å². The summed E-state index contributed by atoms with van der Waals surface area (Å²) in [5.74, 6) is 0.408. The van der Waals surface area contributed by atoms with E-state index in [0.29, 0.717) is 5.75 Å². The molecule has 0 amide bonds. The van der Waals surface area contributed by atoms with Crippen LogP contribution >= 0.6 is 0 Å². The first-order valence-corrected chi connectivity index (χ1v) is 8.07. The maximum atomic E-state index is 11.8. The van der Waals surface area contributed by atoms with Crippen LogP contribution in [-0.2, 0) is 9.53 Å². The first kappa shape index (κ1) is 16.8. The Labute approximate surface area is 132 Å². The van der Waals surface area contributed by atoms with Gasteiger partial charge in [0.2, 0.25) is 0 Å². The molecule has 1 heterocycles. The van der Waals surface area contributed by atoms with E-state index >= 15 is 0 Å². The van der Waals surface area contributed by atoms with Crippen LogP contribution in [-0.4, -0.2) is 58.5 Å². The number of rotatable bonds is 6. The Morgan fingerprint density at radius 3 is 2.68 bits per heavy atom. The van der Waals surface area contributed by atoms with E-state index in [2.05, 4.69) is 7.05 Å². The van der Waals surface area contributed by atoms with Gasteiger partial charge in [0.15, 0.2) is 6.61 Å². The molecule has 22 heavy (non-hydrogen) atoms. The average molecular weight is 308 g/mol. The van der Waals surface area contributed by atoms with E-state index in [1.165, 1.54) is 18.0 Å². The van der Waals surface area contributed by atoms with Crippen LogP contribution in [0.25, 0.3) is 0 Å². The standard InChI is InChI=1S/C17H26N2O3/c1-14-5-4-6-16(11-14)21-13-17(20)22-15(2)12-19-9-7-18(3)8-10-19/h4-6,11,15H,7-10,12-13H2,1-3H3/p+2/t15-/m1/s1. The maximum Gasteiger partial charge on any atom is 0.344 e. The summed E-state index contributed by atoms with van der Waals surface area (Å²) < 4.78 is 10.9. The summed E-state index contributed by atoms with van der Waals surface area (Å²) in [5, 5.41) is 0. The molecule has 0 radical (unpaired) electrons. The largest absolute Gasteiger partial charge is 0.482 e. The molecule has 0 saturated carbocycles. The van der Waals surface area contributed by atoms with Crippen LogP contribution in [0.3, 0.4) is 0 Å². The molecule has 122 valence electrons. The number of hydrogen-bond acceptors (Lipinski definition) is 3. The number of ether oxygens (including phenoxy) is 2. The number of hydrogen-bond donors (Lipinski definition) is 2. The number of carbonyl (C=O) groups excluding carboxylic acids is 1. The van der Waals surface area contributed by atoms with Crippen molar-refractivity contribution < 1.29 is 24.1 Å². The molecule has 2 N–H and O–H groups in total. The smallest absolute Gasteiger partial charge is 0.344 e. The summed E-state index contributed by atoms with van der Waals surface area (Å²) in [7, 11) is 2.23. The Bertz CT molecular complexity index is 485. The lowest BCUT2D eigenvalue weighted by Crippen LogP contribution is -3.27. The van der Waals surface area contributed by atoms with Gasteiger partial charge in [0.25, 0.3) is 0 Å². The molecule has 1 saturated heterocycles. The van der Waals surface area contributed by atoms with Crippen molar-refractivity contribution in [1.29, 1.82) is 0 Å². The van der Waals surface area contributed by atoms with Gasteiger partial charge in [0.1, 0.15) is 44.6 Å². The first-order chi connectivity index (χ1) is 10.5. The van der Waals surface area contributed by atoms with Gasteiger partial charge < -0.3 is 19.3 Å². The Hall–Kier alpha value is -1.59. The van der Waals surface area contributed by atoms with Gasteiger partial charge in [-0.2, -0.15) is 0 Å². The number of esters is 1. The highest BCUT2D eigenvalue weighted by Crippen LogP contribution is 2.12. The van der Waals surface area contributed by atoms with Crippen molar-refractivity contribution in [2.75, 3.05) is 46.4 Å². The molecule has 1 aromatic carbocycles. The summed E-state index contributed by atoms with van der Waals surface area (Å²) >= 11 is 0. The van der Waals surface area contributed by atoms with Gasteiger partial charge in [-0.3, -0.25) is 0 Å². The van der Waals surface area contributed by atoms with Crippen LogP contribution in [0.4, 0.5) is 0 Å². The molecule has 1 atom stereocenters. The van der Waals surface area contributed by atoms with Crippen LogP contribution in [0.1, 0.15) is 12.5 Å². The quantitative estimate of drug-likeness (QED) is 0.644. The fourth-order valence-electron chi connectivity index (χ4n) is 2.79. The van der Waals surface area contributed by atoms with Crippen molar-refractivity contribution in [3.8, 4) is 5.75 Å². The van der Waals surface area contributed by atoms with Crippen LogP contribution in [0.2, 0.25) is 0 Å². The minimum atomic E-state index is -0.298. The van der Waals surface area contributed by atoms with E-state index in [0.717, 1.165) is 25.2 Å². The molecule has 0 aromatic heterocycles. The zero-order valence-corrected chi connectivity index (χ0v) is 13.9. The highest BCUT2D eigenvalue weighted by molar-refractivity contribution is 5.71. The number of nitrogens with one attached hydrogen (secondary N) is 2. The number of quaternary nitrogens is 2. The summed E-state index contributed by atoms with van der Waals surface area (Å²) in [6.45, 7) is 9.47. The maximum absolute atomic E-state index is 11.8. The normalized spacial score (nSPS) is 22.9.